The van der Waals surface area contributed by atoms with E-state index in [1.165, 1.54) is 30.3 Å². The van der Waals surface area contributed by atoms with Crippen LogP contribution in [-0.4, -0.2) is 33.7 Å². The topological polar surface area (TPSA) is 74.4 Å². The maximum atomic E-state index is 13.8. The lowest BCUT2D eigenvalue weighted by Crippen LogP contribution is -2.45. The van der Waals surface area contributed by atoms with E-state index in [1.807, 2.05) is 0 Å². The summed E-state index contributed by atoms with van der Waals surface area (Å²) in [6.45, 7) is 0. The predicted molar refractivity (Wildman–Crippen MR) is 88.1 cm³/mol. The van der Waals surface area contributed by atoms with Gasteiger partial charge in [-0.15, -0.1) is 0 Å². The van der Waals surface area contributed by atoms with E-state index >= 15 is 0 Å². The molecule has 2 aromatic rings. The molecule has 10 heteroatoms. The molecule has 0 saturated carbocycles. The van der Waals surface area contributed by atoms with Crippen molar-refractivity contribution in [3.05, 3.63) is 70.8 Å². The number of aliphatic hydroxyl groups is 1. The average molecular weight is 400 g/mol. The number of benzene rings is 2. The highest BCUT2D eigenvalue weighted by Crippen LogP contribution is 2.38. The van der Waals surface area contributed by atoms with Crippen LogP contribution in [0.25, 0.3) is 0 Å². The van der Waals surface area contributed by atoms with E-state index in [-0.39, 0.29) is 29.0 Å². The van der Waals surface area contributed by atoms with Crippen LogP contribution in [-0.2, 0) is 11.3 Å². The van der Waals surface area contributed by atoms with E-state index in [0.29, 0.717) is 11.6 Å². The highest BCUT2D eigenvalue weighted by molar-refractivity contribution is 6.04. The third-order valence-electron chi connectivity index (χ3n) is 4.20. The maximum absolute atomic E-state index is 13.8. The Labute approximate surface area is 155 Å². The molecule has 5 nitrogen and oxygen atoms in total. The van der Waals surface area contributed by atoms with Gasteiger partial charge in [0.2, 0.25) is 0 Å². The Bertz CT molecular complexity index is 941. The first-order chi connectivity index (χ1) is 13.1. The second-order valence-electron chi connectivity index (χ2n) is 6.12. The summed E-state index contributed by atoms with van der Waals surface area (Å²) in [6, 6.07) is 8.63. The van der Waals surface area contributed by atoms with E-state index in [9.17, 15) is 32.3 Å². The van der Waals surface area contributed by atoms with E-state index in [4.69, 9.17) is 0 Å². The van der Waals surface area contributed by atoms with Crippen LogP contribution < -0.4 is 0 Å². The second-order valence-corrected chi connectivity index (χ2v) is 6.12. The summed E-state index contributed by atoms with van der Waals surface area (Å²) in [5.41, 5.74) is 0.670. The van der Waals surface area contributed by atoms with Gasteiger partial charge < -0.3 is 15.2 Å². The minimum Gasteiger partial charge on any atom is -0.411 e. The fourth-order valence-corrected chi connectivity index (χ4v) is 2.62. The molecule has 0 spiro atoms. The summed E-state index contributed by atoms with van der Waals surface area (Å²) < 4.78 is 65.1. The van der Waals surface area contributed by atoms with Crippen molar-refractivity contribution < 1.29 is 37.1 Å². The van der Waals surface area contributed by atoms with Gasteiger partial charge in [0.1, 0.15) is 11.6 Å². The second kappa shape index (κ2) is 7.19. The fraction of sp³-hybridized carbons (Fsp3) is 0.222. The molecule has 2 N–H and O–H groups in total. The number of hydrogen-bond donors (Lipinski definition) is 2. The van der Waals surface area contributed by atoms with Gasteiger partial charge in [0.25, 0.3) is 0 Å². The van der Waals surface area contributed by atoms with Crippen molar-refractivity contribution in [2.75, 3.05) is 0 Å². The van der Waals surface area contributed by atoms with Crippen molar-refractivity contribution in [1.29, 1.82) is 0 Å². The van der Waals surface area contributed by atoms with Crippen LogP contribution in [0, 0.1) is 11.6 Å². The molecule has 0 bridgehead atoms. The highest BCUT2D eigenvalue weighted by Gasteiger charge is 2.60. The molecule has 2 aromatic carbocycles. The van der Waals surface area contributed by atoms with E-state index in [2.05, 4.69) is 15.1 Å². The number of halogens is 5. The molecule has 0 radical (unpaired) electrons. The third-order valence-corrected chi connectivity index (χ3v) is 4.20. The smallest absolute Gasteiger partial charge is 0.411 e. The lowest BCUT2D eigenvalue weighted by atomic mass is 9.98. The van der Waals surface area contributed by atoms with Crippen molar-refractivity contribution in [2.45, 2.75) is 24.8 Å². The van der Waals surface area contributed by atoms with Crippen LogP contribution in [0.2, 0.25) is 0 Å². The lowest BCUT2D eigenvalue weighted by Gasteiger charge is -2.22. The van der Waals surface area contributed by atoms with Crippen molar-refractivity contribution >= 4 is 11.4 Å². The van der Waals surface area contributed by atoms with Crippen molar-refractivity contribution in [3.63, 3.8) is 0 Å². The van der Waals surface area contributed by atoms with Gasteiger partial charge in [-0.25, -0.2) is 8.78 Å². The van der Waals surface area contributed by atoms with Gasteiger partial charge in [-0.3, -0.25) is 0 Å². The Morgan fingerprint density at radius 1 is 1.14 bits per heavy atom. The van der Waals surface area contributed by atoms with E-state index < -0.39 is 30.0 Å². The molecule has 148 valence electrons. The first-order valence-electron chi connectivity index (χ1n) is 7.93. The molecule has 0 fully saturated rings. The van der Waals surface area contributed by atoms with Gasteiger partial charge >= 0.3 is 12.0 Å². The van der Waals surface area contributed by atoms with Gasteiger partial charge in [-0.2, -0.15) is 13.2 Å². The number of hydrogen-bond acceptors (Lipinski definition) is 5. The van der Waals surface area contributed by atoms with Crippen LogP contribution in [0.15, 0.2) is 52.8 Å². The molecule has 3 rings (SSSR count). The standard InChI is InChI=1S/C18H13F5N2O3/c19-13-6-5-12(14(20)8-13)7-15(24-27)10-1-3-11(4-2-10)16-9-17(26,28-25-16)18(21,22)23/h1-6,8,26-27H,7,9H2. The van der Waals surface area contributed by atoms with Gasteiger partial charge in [0, 0.05) is 12.5 Å². The first-order valence-corrected chi connectivity index (χ1v) is 7.93. The fourth-order valence-electron chi connectivity index (χ4n) is 2.62. The van der Waals surface area contributed by atoms with E-state index in [1.54, 1.807) is 0 Å². The quantitative estimate of drug-likeness (QED) is 0.355. The summed E-state index contributed by atoms with van der Waals surface area (Å²) in [5, 5.41) is 25.1. The van der Waals surface area contributed by atoms with Crippen molar-refractivity contribution in [1.82, 2.24) is 0 Å². The molecule has 0 aromatic heterocycles. The van der Waals surface area contributed by atoms with Crippen molar-refractivity contribution in [2.24, 2.45) is 10.3 Å². The van der Waals surface area contributed by atoms with Crippen LogP contribution in [0.5, 0.6) is 0 Å². The van der Waals surface area contributed by atoms with Crippen LogP contribution >= 0.6 is 0 Å². The zero-order valence-corrected chi connectivity index (χ0v) is 14.0. The molecule has 0 saturated heterocycles. The summed E-state index contributed by atoms with van der Waals surface area (Å²) in [6.07, 6.45) is -6.02. The van der Waals surface area contributed by atoms with Gasteiger partial charge in [-0.1, -0.05) is 40.6 Å². The van der Waals surface area contributed by atoms with Gasteiger partial charge in [-0.05, 0) is 22.8 Å². The van der Waals surface area contributed by atoms with Gasteiger partial charge in [0.05, 0.1) is 17.8 Å². The summed E-state index contributed by atoms with van der Waals surface area (Å²) in [4.78, 5) is 4.16. The Hall–Kier alpha value is -3.01. The molecule has 28 heavy (non-hydrogen) atoms. The number of oxime groups is 2. The number of alkyl halides is 3. The highest BCUT2D eigenvalue weighted by atomic mass is 19.4. The molecule has 0 aliphatic carbocycles. The van der Waals surface area contributed by atoms with Crippen LogP contribution in [0.3, 0.4) is 0 Å². The van der Waals surface area contributed by atoms with Crippen LogP contribution in [0.4, 0.5) is 22.0 Å². The maximum Gasteiger partial charge on any atom is 0.458 e. The Kier molecular flexibility index (Phi) is 5.07. The summed E-state index contributed by atoms with van der Waals surface area (Å²) >= 11 is 0. The molecule has 1 aliphatic rings. The Morgan fingerprint density at radius 3 is 2.36 bits per heavy atom. The third kappa shape index (κ3) is 3.81. The first kappa shape index (κ1) is 19.7. The predicted octanol–water partition coefficient (Wildman–Crippen LogP) is 3.76. The Balaban J connectivity index is 1.77. The number of rotatable bonds is 4. The SMILES string of the molecule is ON=C(Cc1ccc(F)cc1F)c1ccc(C2=NOC(O)(C(F)(F)F)C2)cc1. The molecule has 0 amide bonds. The summed E-state index contributed by atoms with van der Waals surface area (Å²) in [5.74, 6) is -4.92. The zero-order chi connectivity index (χ0) is 20.5. The van der Waals surface area contributed by atoms with Gasteiger partial charge in [0.15, 0.2) is 0 Å². The molecule has 1 heterocycles. The minimum atomic E-state index is -5.01. The monoisotopic (exact) mass is 400 g/mol. The largest absolute Gasteiger partial charge is 0.458 e. The average Bonchev–Trinajstić information content (AvgIpc) is 3.05. The molecule has 1 unspecified atom stereocenters. The number of nitrogens with zero attached hydrogens (tertiary/aromatic N) is 2. The molecule has 1 atom stereocenters. The normalized spacial score (nSPS) is 20.1. The summed E-state index contributed by atoms with van der Waals surface area (Å²) in [7, 11) is 0. The molecule has 1 aliphatic heterocycles. The molecular formula is C18H13F5N2O3. The van der Waals surface area contributed by atoms with E-state index in [0.717, 1.165) is 6.07 Å². The Morgan fingerprint density at radius 2 is 1.82 bits per heavy atom. The van der Waals surface area contributed by atoms with Crippen LogP contribution in [0.1, 0.15) is 23.1 Å². The lowest BCUT2D eigenvalue weighted by molar-refractivity contribution is -0.355. The van der Waals surface area contributed by atoms with Crippen molar-refractivity contribution in [3.8, 4) is 0 Å². The zero-order valence-electron chi connectivity index (χ0n) is 14.0. The minimum absolute atomic E-state index is 0.0634. The molecular weight excluding hydrogens is 387 g/mol.